The fourth-order valence-corrected chi connectivity index (χ4v) is 3.32. The average molecular weight is 333 g/mol. The number of hydrogen-bond acceptors (Lipinski definition) is 4. The third-order valence-corrected chi connectivity index (χ3v) is 4.27. The average Bonchev–Trinajstić information content (AvgIpc) is 2.44. The Bertz CT molecular complexity index is 633. The molecule has 1 heterocycles. The van der Waals surface area contributed by atoms with Gasteiger partial charge in [0.15, 0.2) is 0 Å². The van der Waals surface area contributed by atoms with Crippen LogP contribution in [0.5, 0.6) is 0 Å². The molecular weight excluding hydrogens is 306 g/mol. The summed E-state index contributed by atoms with van der Waals surface area (Å²) in [6.45, 7) is 9.52. The van der Waals surface area contributed by atoms with E-state index in [1.807, 2.05) is 46.8 Å². The predicted octanol–water partition coefficient (Wildman–Crippen LogP) is 3.78. The molecule has 0 aliphatic carbocycles. The molecule has 0 unspecified atom stereocenters. The van der Waals surface area contributed by atoms with Gasteiger partial charge in [-0.3, -0.25) is 9.69 Å². The van der Waals surface area contributed by atoms with Crippen molar-refractivity contribution in [3.8, 4) is 0 Å². The highest BCUT2D eigenvalue weighted by Crippen LogP contribution is 2.38. The van der Waals surface area contributed by atoms with E-state index < -0.39 is 11.7 Å². The van der Waals surface area contributed by atoms with E-state index in [2.05, 4.69) is 6.07 Å². The predicted molar refractivity (Wildman–Crippen MR) is 91.8 cm³/mol. The quantitative estimate of drug-likeness (QED) is 0.773. The maximum atomic E-state index is 12.8. The summed E-state index contributed by atoms with van der Waals surface area (Å²) in [7, 11) is 1.37. The number of fused-ring (bicyclic) bond motifs is 1. The Morgan fingerprint density at radius 1 is 1.29 bits per heavy atom. The smallest absolute Gasteiger partial charge is 0.411 e. The van der Waals surface area contributed by atoms with Crippen molar-refractivity contribution in [1.82, 2.24) is 4.90 Å². The summed E-state index contributed by atoms with van der Waals surface area (Å²) < 4.78 is 10.4. The van der Waals surface area contributed by atoms with Crippen LogP contribution in [0.1, 0.15) is 56.8 Å². The van der Waals surface area contributed by atoms with E-state index in [0.717, 1.165) is 17.5 Å². The lowest BCUT2D eigenvalue weighted by Crippen LogP contribution is -2.48. The highest BCUT2D eigenvalue weighted by molar-refractivity contribution is 5.74. The van der Waals surface area contributed by atoms with Gasteiger partial charge in [-0.05, 0) is 57.7 Å². The number of esters is 1. The number of amides is 1. The van der Waals surface area contributed by atoms with Crippen molar-refractivity contribution in [3.05, 3.63) is 34.9 Å². The molecule has 5 nitrogen and oxygen atoms in total. The number of hydrogen-bond donors (Lipinski definition) is 0. The topological polar surface area (TPSA) is 55.8 Å². The van der Waals surface area contributed by atoms with E-state index in [1.165, 1.54) is 12.7 Å². The van der Waals surface area contributed by atoms with Crippen molar-refractivity contribution < 1.29 is 19.1 Å². The molecule has 0 radical (unpaired) electrons. The Morgan fingerprint density at radius 3 is 2.54 bits per heavy atom. The molecule has 0 spiro atoms. The Hall–Kier alpha value is -2.04. The number of methoxy groups -OCH3 is 1. The van der Waals surface area contributed by atoms with Gasteiger partial charge in [0.2, 0.25) is 0 Å². The summed E-state index contributed by atoms with van der Waals surface area (Å²) >= 11 is 0. The molecule has 1 aromatic carbocycles. The van der Waals surface area contributed by atoms with Crippen molar-refractivity contribution in [1.29, 1.82) is 0 Å². The minimum Gasteiger partial charge on any atom is -0.469 e. The van der Waals surface area contributed by atoms with Crippen molar-refractivity contribution in [3.63, 3.8) is 0 Å². The van der Waals surface area contributed by atoms with Gasteiger partial charge in [0.25, 0.3) is 0 Å². The first kappa shape index (κ1) is 18.3. The van der Waals surface area contributed by atoms with Crippen LogP contribution in [0.3, 0.4) is 0 Å². The Labute approximate surface area is 143 Å². The Balaban J connectivity index is 2.45. The molecule has 1 aromatic rings. The summed E-state index contributed by atoms with van der Waals surface area (Å²) in [4.78, 5) is 26.4. The number of rotatable bonds is 2. The first-order valence-electron chi connectivity index (χ1n) is 8.30. The van der Waals surface area contributed by atoms with Gasteiger partial charge >= 0.3 is 12.1 Å². The number of ether oxygens (including phenoxy) is 2. The molecule has 0 saturated heterocycles. The largest absolute Gasteiger partial charge is 0.469 e. The normalized spacial score (nSPS) is 20.3. The number of carbonyl (C=O) groups is 2. The number of aryl methyl sites for hydroxylation is 1. The molecule has 0 fully saturated rings. The first-order chi connectivity index (χ1) is 11.1. The summed E-state index contributed by atoms with van der Waals surface area (Å²) in [5.41, 5.74) is 2.70. The molecule has 1 aliphatic heterocycles. The van der Waals surface area contributed by atoms with Gasteiger partial charge < -0.3 is 9.47 Å². The van der Waals surface area contributed by atoms with Crippen molar-refractivity contribution >= 4 is 12.1 Å². The molecule has 1 amide bonds. The molecule has 2 rings (SSSR count). The first-order valence-corrected chi connectivity index (χ1v) is 8.30. The van der Waals surface area contributed by atoms with Gasteiger partial charge in [-0.25, -0.2) is 4.79 Å². The van der Waals surface area contributed by atoms with Gasteiger partial charge in [-0.1, -0.05) is 18.2 Å². The van der Waals surface area contributed by atoms with Crippen LogP contribution >= 0.6 is 0 Å². The third kappa shape index (κ3) is 3.89. The lowest BCUT2D eigenvalue weighted by molar-refractivity contribution is -0.142. The Morgan fingerprint density at radius 2 is 1.96 bits per heavy atom. The van der Waals surface area contributed by atoms with Gasteiger partial charge in [0.05, 0.1) is 19.6 Å². The monoisotopic (exact) mass is 333 g/mol. The summed E-state index contributed by atoms with van der Waals surface area (Å²) in [6.07, 6.45) is 0.476. The van der Waals surface area contributed by atoms with Crippen LogP contribution in [-0.4, -0.2) is 35.7 Å². The molecule has 132 valence electrons. The Kier molecular flexibility index (Phi) is 5.21. The van der Waals surface area contributed by atoms with Gasteiger partial charge in [0.1, 0.15) is 5.60 Å². The fraction of sp³-hybridized carbons (Fsp3) is 0.579. The van der Waals surface area contributed by atoms with E-state index in [1.54, 1.807) is 4.90 Å². The van der Waals surface area contributed by atoms with E-state index in [0.29, 0.717) is 0 Å². The van der Waals surface area contributed by atoms with Crippen LogP contribution < -0.4 is 0 Å². The molecule has 0 aromatic heterocycles. The second kappa shape index (κ2) is 6.83. The minimum atomic E-state index is -0.585. The van der Waals surface area contributed by atoms with Crippen LogP contribution in [0.25, 0.3) is 0 Å². The van der Waals surface area contributed by atoms with Gasteiger partial charge in [-0.2, -0.15) is 0 Å². The van der Waals surface area contributed by atoms with Gasteiger partial charge in [0, 0.05) is 6.04 Å². The summed E-state index contributed by atoms with van der Waals surface area (Å²) in [5, 5.41) is 0. The standard InChI is InChI=1S/C19H27NO4/c1-12-8-7-9-14-10-13(2)20(18(22)24-19(3,4)5)15(17(12)14)11-16(21)23-6/h7-9,13,15H,10-11H2,1-6H3/t13-,15+/m0/s1. The molecule has 24 heavy (non-hydrogen) atoms. The zero-order valence-corrected chi connectivity index (χ0v) is 15.4. The van der Waals surface area contributed by atoms with Gasteiger partial charge in [-0.15, -0.1) is 0 Å². The van der Waals surface area contributed by atoms with Crippen molar-refractivity contribution in [2.24, 2.45) is 0 Å². The van der Waals surface area contributed by atoms with Crippen LogP contribution in [-0.2, 0) is 20.7 Å². The highest BCUT2D eigenvalue weighted by Gasteiger charge is 2.39. The van der Waals surface area contributed by atoms with Crippen LogP contribution in [0, 0.1) is 6.92 Å². The summed E-state index contributed by atoms with van der Waals surface area (Å²) in [6, 6.07) is 5.66. The van der Waals surface area contributed by atoms with E-state index in [-0.39, 0.29) is 24.5 Å². The SMILES string of the molecule is COC(=O)C[C@@H]1c2c(C)cccc2C[C@H](C)N1C(=O)OC(C)(C)C. The number of benzene rings is 1. The highest BCUT2D eigenvalue weighted by atomic mass is 16.6. The van der Waals surface area contributed by atoms with Crippen LogP contribution in [0.4, 0.5) is 4.79 Å². The van der Waals surface area contributed by atoms with E-state index >= 15 is 0 Å². The van der Waals surface area contributed by atoms with Crippen LogP contribution in [0.15, 0.2) is 18.2 Å². The zero-order chi connectivity index (χ0) is 18.1. The molecular formula is C19H27NO4. The fourth-order valence-electron chi connectivity index (χ4n) is 3.32. The maximum absolute atomic E-state index is 12.8. The second-order valence-corrected chi connectivity index (χ2v) is 7.38. The third-order valence-electron chi connectivity index (χ3n) is 4.27. The number of carbonyl (C=O) groups excluding carboxylic acids is 2. The maximum Gasteiger partial charge on any atom is 0.411 e. The number of nitrogens with zero attached hydrogens (tertiary/aromatic N) is 1. The van der Waals surface area contributed by atoms with Crippen LogP contribution in [0.2, 0.25) is 0 Å². The molecule has 2 atom stereocenters. The van der Waals surface area contributed by atoms with E-state index in [4.69, 9.17) is 9.47 Å². The molecule has 5 heteroatoms. The van der Waals surface area contributed by atoms with E-state index in [9.17, 15) is 9.59 Å². The zero-order valence-electron chi connectivity index (χ0n) is 15.4. The molecule has 1 aliphatic rings. The molecule has 0 N–H and O–H groups in total. The van der Waals surface area contributed by atoms with Crippen molar-refractivity contribution in [2.75, 3.05) is 7.11 Å². The molecule has 0 bridgehead atoms. The van der Waals surface area contributed by atoms with Crippen molar-refractivity contribution in [2.45, 2.75) is 65.1 Å². The summed E-state index contributed by atoms with van der Waals surface area (Å²) in [5.74, 6) is -0.336. The molecule has 0 saturated carbocycles. The minimum absolute atomic E-state index is 0.0520. The lowest BCUT2D eigenvalue weighted by Gasteiger charge is -2.42. The lowest BCUT2D eigenvalue weighted by atomic mass is 9.84. The second-order valence-electron chi connectivity index (χ2n) is 7.38.